The highest BCUT2D eigenvalue weighted by Gasteiger charge is 2.30. The van der Waals surface area contributed by atoms with Gasteiger partial charge in [0.25, 0.3) is 0 Å². The van der Waals surface area contributed by atoms with Gasteiger partial charge in [0.2, 0.25) is 0 Å². The molecule has 0 aliphatic heterocycles. The van der Waals surface area contributed by atoms with Crippen molar-refractivity contribution in [2.24, 2.45) is 4.99 Å². The maximum Gasteiger partial charge on any atom is 0.416 e. The van der Waals surface area contributed by atoms with Crippen LogP contribution in [-0.2, 0) is 6.18 Å². The molecule has 0 atom stereocenters. The smallest absolute Gasteiger partial charge is 0.236 e. The number of halogens is 5. The predicted molar refractivity (Wildman–Crippen MR) is 68.9 cm³/mol. The van der Waals surface area contributed by atoms with Crippen LogP contribution in [0.2, 0.25) is 9.36 Å². The first kappa shape index (κ1) is 13.9. The van der Waals surface area contributed by atoms with Crippen molar-refractivity contribution in [3.63, 3.8) is 0 Å². The highest BCUT2D eigenvalue weighted by molar-refractivity contribution is 7.69. The zero-order valence-corrected chi connectivity index (χ0v) is 11.6. The molecule has 8 heteroatoms. The fourth-order valence-corrected chi connectivity index (χ4v) is 3.92. The summed E-state index contributed by atoms with van der Waals surface area (Å²) in [6, 6.07) is 4.73. The second-order valence-electron chi connectivity index (χ2n) is 3.22. The minimum absolute atomic E-state index is 0.192. The molecule has 0 spiro atoms. The summed E-state index contributed by atoms with van der Waals surface area (Å²) in [4.78, 5) is 4.05. The molecule has 0 amide bonds. The van der Waals surface area contributed by atoms with Gasteiger partial charge in [0, 0.05) is 0 Å². The number of nitrogens with zero attached hydrogens (tertiary/aromatic N) is 1. The number of benzene rings is 1. The molecule has 0 saturated heterocycles. The van der Waals surface area contributed by atoms with E-state index < -0.39 is 11.7 Å². The van der Waals surface area contributed by atoms with Crippen LogP contribution in [0.5, 0.6) is 0 Å². The lowest BCUT2D eigenvalue weighted by Crippen LogP contribution is -2.04. The molecule has 18 heavy (non-hydrogen) atoms. The van der Waals surface area contributed by atoms with E-state index in [1.165, 1.54) is 32.8 Å². The maximum absolute atomic E-state index is 12.5. The van der Waals surface area contributed by atoms with Gasteiger partial charge >= 0.3 is 6.18 Å². The van der Waals surface area contributed by atoms with Crippen molar-refractivity contribution in [3.05, 3.63) is 43.9 Å². The largest absolute Gasteiger partial charge is 0.416 e. The highest BCUT2D eigenvalue weighted by Crippen LogP contribution is 2.32. The second kappa shape index (κ2) is 5.21. The van der Waals surface area contributed by atoms with Gasteiger partial charge in [-0.3, -0.25) is 0 Å². The predicted octanol–water partition coefficient (Wildman–Crippen LogP) is 5.37. The van der Waals surface area contributed by atoms with E-state index in [0.717, 1.165) is 12.1 Å². The van der Waals surface area contributed by atoms with Crippen molar-refractivity contribution in [2.45, 2.75) is 6.18 Å². The van der Waals surface area contributed by atoms with Gasteiger partial charge in [-0.1, -0.05) is 49.9 Å². The highest BCUT2D eigenvalue weighted by atomic mass is 35.5. The monoisotopic (exact) mass is 329 g/mol. The van der Waals surface area contributed by atoms with Crippen LogP contribution >= 0.6 is 43.9 Å². The summed E-state index contributed by atoms with van der Waals surface area (Å²) in [5, 5.41) is 0.268. The van der Waals surface area contributed by atoms with Crippen LogP contribution in [0.25, 0.3) is 0 Å². The number of hydrogen-bond acceptors (Lipinski definition) is 3. The first-order chi connectivity index (χ1) is 8.38. The molecule has 1 nitrogen and oxygen atoms in total. The Labute approximate surface area is 118 Å². The third kappa shape index (κ3) is 3.06. The molecule has 0 aliphatic carbocycles. The molecule has 0 saturated carbocycles. The second-order valence-corrected chi connectivity index (χ2v) is 6.33. The Bertz CT molecular complexity index is 631. The van der Waals surface area contributed by atoms with Gasteiger partial charge in [0.15, 0.2) is 0 Å². The van der Waals surface area contributed by atoms with Crippen LogP contribution in [0.15, 0.2) is 29.3 Å². The third-order valence-corrected chi connectivity index (χ3v) is 5.45. The van der Waals surface area contributed by atoms with Gasteiger partial charge in [-0.25, -0.2) is 4.99 Å². The Hall–Kier alpha value is -0.560. The van der Waals surface area contributed by atoms with Crippen LogP contribution in [0.3, 0.4) is 0 Å². The summed E-state index contributed by atoms with van der Waals surface area (Å²) in [7, 11) is 2.43. The van der Waals surface area contributed by atoms with Gasteiger partial charge in [0.1, 0.15) is 14.0 Å². The van der Waals surface area contributed by atoms with Gasteiger partial charge in [-0.05, 0) is 18.2 Å². The summed E-state index contributed by atoms with van der Waals surface area (Å²) in [5.41, 5.74) is -0.552. The lowest BCUT2D eigenvalue weighted by atomic mass is 10.2. The fourth-order valence-electron chi connectivity index (χ4n) is 1.17. The molecule has 0 fully saturated rings. The topological polar surface area (TPSA) is 12.4 Å². The quantitative estimate of drug-likeness (QED) is 0.624. The molecule has 0 N–H and O–H groups in total. The fraction of sp³-hybridized carbons (Fsp3) is 0.100. The van der Waals surface area contributed by atoms with Gasteiger partial charge < -0.3 is 0 Å². The normalized spacial score (nSPS) is 13.1. The van der Waals surface area contributed by atoms with E-state index in [2.05, 4.69) is 4.99 Å². The minimum Gasteiger partial charge on any atom is -0.236 e. The van der Waals surface area contributed by atoms with E-state index in [-0.39, 0.29) is 10.7 Å². The molecule has 1 heterocycles. The molecule has 0 unspecified atom stereocenters. The number of alkyl halides is 3. The molecule has 1 aromatic heterocycles. The first-order valence-electron chi connectivity index (χ1n) is 4.54. The van der Waals surface area contributed by atoms with Crippen LogP contribution in [0.1, 0.15) is 5.56 Å². The Morgan fingerprint density at radius 3 is 2.39 bits per heavy atom. The van der Waals surface area contributed by atoms with E-state index in [1.807, 2.05) is 0 Å². The average molecular weight is 330 g/mol. The summed E-state index contributed by atoms with van der Waals surface area (Å²) >= 11 is 11.6. The van der Waals surface area contributed by atoms with E-state index in [4.69, 9.17) is 23.2 Å². The molecule has 1 aromatic carbocycles. The van der Waals surface area contributed by atoms with Crippen LogP contribution < -0.4 is 4.67 Å². The standard InChI is InChI=1S/C10H4Cl2F3NS2/c11-7-8(12)17-18-9(7)16-6-3-1-2-5(4-6)10(13,14)15/h1-4H. The molecule has 2 rings (SSSR count). The van der Waals surface area contributed by atoms with Crippen molar-refractivity contribution >= 4 is 49.6 Å². The van der Waals surface area contributed by atoms with E-state index in [0.29, 0.717) is 9.01 Å². The van der Waals surface area contributed by atoms with Gasteiger partial charge in [-0.15, -0.1) is 0 Å². The van der Waals surface area contributed by atoms with Crippen molar-refractivity contribution < 1.29 is 13.2 Å². The van der Waals surface area contributed by atoms with E-state index in [1.54, 1.807) is 0 Å². The Balaban J connectivity index is 2.48. The van der Waals surface area contributed by atoms with Gasteiger partial charge in [0.05, 0.1) is 11.3 Å². The summed E-state index contributed by atoms with van der Waals surface area (Å²) in [6.07, 6.45) is -4.38. The van der Waals surface area contributed by atoms with Crippen molar-refractivity contribution in [1.29, 1.82) is 0 Å². The number of rotatable bonds is 1. The van der Waals surface area contributed by atoms with Crippen molar-refractivity contribution in [3.8, 4) is 0 Å². The SMILES string of the molecule is FC(F)(F)c1cccc(N=c2ssc(Cl)c2Cl)c1. The van der Waals surface area contributed by atoms with Crippen LogP contribution in [0, 0.1) is 0 Å². The molecular formula is C10H4Cl2F3NS2. The molecule has 2 aromatic rings. The molecule has 96 valence electrons. The minimum atomic E-state index is -4.38. The van der Waals surface area contributed by atoms with Crippen molar-refractivity contribution in [2.75, 3.05) is 0 Å². The molecule has 0 aliphatic rings. The Morgan fingerprint density at radius 2 is 1.83 bits per heavy atom. The Kier molecular flexibility index (Phi) is 4.01. The van der Waals surface area contributed by atoms with Crippen molar-refractivity contribution in [1.82, 2.24) is 0 Å². The number of hydrogen-bond donors (Lipinski definition) is 0. The third-order valence-electron chi connectivity index (χ3n) is 1.96. The van der Waals surface area contributed by atoms with Gasteiger partial charge in [-0.2, -0.15) is 13.2 Å². The zero-order valence-electron chi connectivity index (χ0n) is 8.46. The summed E-state index contributed by atoms with van der Waals surface area (Å²) < 4.78 is 38.3. The summed E-state index contributed by atoms with van der Waals surface area (Å²) in [5.74, 6) is 0. The maximum atomic E-state index is 12.5. The average Bonchev–Trinajstić information content (AvgIpc) is 2.60. The van der Waals surface area contributed by atoms with E-state index >= 15 is 0 Å². The van der Waals surface area contributed by atoms with Crippen LogP contribution in [-0.4, -0.2) is 0 Å². The first-order valence-corrected chi connectivity index (χ1v) is 7.44. The Morgan fingerprint density at radius 1 is 1.11 bits per heavy atom. The molecule has 0 radical (unpaired) electrons. The summed E-state index contributed by atoms with van der Waals surface area (Å²) in [6.45, 7) is 0. The van der Waals surface area contributed by atoms with Crippen LogP contribution in [0.4, 0.5) is 18.9 Å². The molecule has 0 bridgehead atoms. The lowest BCUT2D eigenvalue weighted by molar-refractivity contribution is -0.137. The van der Waals surface area contributed by atoms with E-state index in [9.17, 15) is 13.2 Å². The zero-order chi connectivity index (χ0) is 13.3. The molecular weight excluding hydrogens is 326 g/mol. The lowest BCUT2D eigenvalue weighted by Gasteiger charge is -2.06.